The molecule has 9 heteroatoms. The number of nitrogens with one attached hydrogen (secondary N) is 1. The van der Waals surface area contributed by atoms with Gasteiger partial charge in [-0.15, -0.1) is 0 Å². The van der Waals surface area contributed by atoms with Crippen LogP contribution in [0.3, 0.4) is 0 Å². The minimum absolute atomic E-state index is 0.156. The van der Waals surface area contributed by atoms with Crippen molar-refractivity contribution in [2.45, 2.75) is 53.1 Å². The number of para-hydroxylation sites is 1. The fourth-order valence-corrected chi connectivity index (χ4v) is 4.80. The maximum atomic E-state index is 13.8. The molecule has 1 atom stereocenters. The number of hydrogen-bond acceptors (Lipinski definition) is 5. The standard InChI is InChI=1S/C27H39N3O5S/c1-7-22-11-9-10-12-25(22)30(36(6,33)34)19-26(31)29(18-21-13-15-23(35-5)16-14-21)24(8-2)27(32)28-17-20(3)4/h9-16,20,24H,7-8,17-19H2,1-6H3,(H,28,32)/t24-/m1/s1. The van der Waals surface area contributed by atoms with E-state index in [0.717, 1.165) is 21.7 Å². The van der Waals surface area contributed by atoms with E-state index in [2.05, 4.69) is 5.32 Å². The second kappa shape index (κ2) is 13.3. The van der Waals surface area contributed by atoms with E-state index in [1.54, 1.807) is 31.4 Å². The first-order chi connectivity index (χ1) is 17.0. The van der Waals surface area contributed by atoms with Gasteiger partial charge in [0.05, 0.1) is 19.1 Å². The number of rotatable bonds is 13. The Morgan fingerprint density at radius 3 is 2.19 bits per heavy atom. The Morgan fingerprint density at radius 1 is 1.03 bits per heavy atom. The summed E-state index contributed by atoms with van der Waals surface area (Å²) >= 11 is 0. The Labute approximate surface area is 215 Å². The summed E-state index contributed by atoms with van der Waals surface area (Å²) in [6.45, 7) is 8.01. The van der Waals surface area contributed by atoms with Crippen molar-refractivity contribution >= 4 is 27.5 Å². The summed E-state index contributed by atoms with van der Waals surface area (Å²) in [5.74, 6) is 0.225. The van der Waals surface area contributed by atoms with Crippen LogP contribution in [0, 0.1) is 5.92 Å². The molecule has 0 radical (unpaired) electrons. The van der Waals surface area contributed by atoms with Gasteiger partial charge in [0, 0.05) is 13.1 Å². The first kappa shape index (κ1) is 29.2. The second-order valence-electron chi connectivity index (χ2n) is 9.18. The molecular formula is C27H39N3O5S. The van der Waals surface area contributed by atoms with Crippen LogP contribution in [0.4, 0.5) is 5.69 Å². The lowest BCUT2D eigenvalue weighted by Crippen LogP contribution is -2.52. The lowest BCUT2D eigenvalue weighted by Gasteiger charge is -2.33. The van der Waals surface area contributed by atoms with Crippen LogP contribution in [-0.4, -0.2) is 57.6 Å². The van der Waals surface area contributed by atoms with Crippen LogP contribution in [0.15, 0.2) is 48.5 Å². The number of hydrogen-bond donors (Lipinski definition) is 1. The first-order valence-electron chi connectivity index (χ1n) is 12.3. The van der Waals surface area contributed by atoms with E-state index in [4.69, 9.17) is 4.74 Å². The first-order valence-corrected chi connectivity index (χ1v) is 14.1. The highest BCUT2D eigenvalue weighted by molar-refractivity contribution is 7.92. The molecule has 0 aliphatic carbocycles. The molecule has 0 spiro atoms. The Hall–Kier alpha value is -3.07. The average Bonchev–Trinajstić information content (AvgIpc) is 2.85. The van der Waals surface area contributed by atoms with E-state index in [9.17, 15) is 18.0 Å². The molecule has 0 bridgehead atoms. The van der Waals surface area contributed by atoms with Crippen LogP contribution < -0.4 is 14.4 Å². The third kappa shape index (κ3) is 7.98. The largest absolute Gasteiger partial charge is 0.497 e. The van der Waals surface area contributed by atoms with Gasteiger partial charge < -0.3 is 15.0 Å². The molecule has 2 amide bonds. The van der Waals surface area contributed by atoms with Gasteiger partial charge in [0.15, 0.2) is 0 Å². The normalized spacial score (nSPS) is 12.2. The Bertz CT molecular complexity index is 1120. The fraction of sp³-hybridized carbons (Fsp3) is 0.481. The van der Waals surface area contributed by atoms with Gasteiger partial charge in [-0.3, -0.25) is 13.9 Å². The summed E-state index contributed by atoms with van der Waals surface area (Å²) in [6, 6.07) is 13.6. The Balaban J connectivity index is 2.45. The number of anilines is 1. The molecule has 0 aliphatic heterocycles. The third-order valence-electron chi connectivity index (χ3n) is 5.90. The zero-order valence-corrected chi connectivity index (χ0v) is 23.0. The highest BCUT2D eigenvalue weighted by atomic mass is 32.2. The van der Waals surface area contributed by atoms with Gasteiger partial charge in [-0.2, -0.15) is 0 Å². The summed E-state index contributed by atoms with van der Waals surface area (Å²) < 4.78 is 32.0. The molecule has 8 nitrogen and oxygen atoms in total. The molecule has 2 aromatic rings. The molecule has 2 rings (SSSR count). The summed E-state index contributed by atoms with van der Waals surface area (Å²) in [6.07, 6.45) is 2.09. The van der Waals surface area contributed by atoms with Crippen LogP contribution >= 0.6 is 0 Å². The van der Waals surface area contributed by atoms with E-state index in [0.29, 0.717) is 30.8 Å². The minimum Gasteiger partial charge on any atom is -0.497 e. The zero-order chi connectivity index (χ0) is 26.9. The SMILES string of the molecule is CCc1ccccc1N(CC(=O)N(Cc1ccc(OC)cc1)[C@H](CC)C(=O)NCC(C)C)S(C)(=O)=O. The fourth-order valence-electron chi connectivity index (χ4n) is 3.92. The molecule has 0 saturated carbocycles. The number of ether oxygens (including phenoxy) is 1. The lowest BCUT2D eigenvalue weighted by molar-refractivity contribution is -0.140. The number of sulfonamides is 1. The van der Waals surface area contributed by atoms with Crippen molar-refractivity contribution in [3.05, 3.63) is 59.7 Å². The van der Waals surface area contributed by atoms with Gasteiger partial charge in [0.2, 0.25) is 21.8 Å². The predicted molar refractivity (Wildman–Crippen MR) is 143 cm³/mol. The summed E-state index contributed by atoms with van der Waals surface area (Å²) in [7, 11) is -2.19. The average molecular weight is 518 g/mol. The van der Waals surface area contributed by atoms with Crippen molar-refractivity contribution < 1.29 is 22.7 Å². The van der Waals surface area contributed by atoms with E-state index < -0.39 is 28.5 Å². The van der Waals surface area contributed by atoms with E-state index in [-0.39, 0.29) is 18.4 Å². The van der Waals surface area contributed by atoms with Gasteiger partial charge in [-0.05, 0) is 48.1 Å². The molecule has 36 heavy (non-hydrogen) atoms. The predicted octanol–water partition coefficient (Wildman–Crippen LogP) is 3.60. The molecule has 0 aliphatic rings. The molecule has 2 aromatic carbocycles. The summed E-state index contributed by atoms with van der Waals surface area (Å²) in [5, 5.41) is 2.92. The second-order valence-corrected chi connectivity index (χ2v) is 11.1. The third-order valence-corrected chi connectivity index (χ3v) is 7.03. The Morgan fingerprint density at radius 2 is 1.67 bits per heavy atom. The number of benzene rings is 2. The van der Waals surface area contributed by atoms with E-state index in [1.165, 1.54) is 4.90 Å². The van der Waals surface area contributed by atoms with Gasteiger partial charge in [0.25, 0.3) is 0 Å². The van der Waals surface area contributed by atoms with E-state index >= 15 is 0 Å². The highest BCUT2D eigenvalue weighted by Crippen LogP contribution is 2.24. The van der Waals surface area contributed by atoms with Crippen molar-refractivity contribution in [1.29, 1.82) is 0 Å². The molecule has 0 unspecified atom stereocenters. The molecule has 0 heterocycles. The number of nitrogens with zero attached hydrogens (tertiary/aromatic N) is 2. The van der Waals surface area contributed by atoms with Crippen molar-refractivity contribution in [3.8, 4) is 5.75 Å². The number of aryl methyl sites for hydroxylation is 1. The monoisotopic (exact) mass is 517 g/mol. The van der Waals surface area contributed by atoms with Crippen molar-refractivity contribution in [1.82, 2.24) is 10.2 Å². The maximum Gasteiger partial charge on any atom is 0.244 e. The molecule has 0 fully saturated rings. The number of methoxy groups -OCH3 is 1. The quantitative estimate of drug-likeness (QED) is 0.438. The number of carbonyl (C=O) groups is 2. The van der Waals surface area contributed by atoms with Crippen LogP contribution in [0.1, 0.15) is 45.2 Å². The highest BCUT2D eigenvalue weighted by Gasteiger charge is 2.32. The van der Waals surface area contributed by atoms with Crippen molar-refractivity contribution in [2.75, 3.05) is 30.8 Å². The van der Waals surface area contributed by atoms with Crippen molar-refractivity contribution in [3.63, 3.8) is 0 Å². The van der Waals surface area contributed by atoms with Gasteiger partial charge in [0.1, 0.15) is 18.3 Å². The molecule has 0 saturated heterocycles. The Kier molecular flexibility index (Phi) is 10.8. The van der Waals surface area contributed by atoms with E-state index in [1.807, 2.05) is 52.0 Å². The molecule has 1 N–H and O–H groups in total. The van der Waals surface area contributed by atoms with Gasteiger partial charge >= 0.3 is 0 Å². The van der Waals surface area contributed by atoms with Crippen LogP contribution in [-0.2, 0) is 32.6 Å². The summed E-state index contributed by atoms with van der Waals surface area (Å²) in [4.78, 5) is 28.3. The molecule has 0 aromatic heterocycles. The number of amides is 2. The van der Waals surface area contributed by atoms with Crippen molar-refractivity contribution in [2.24, 2.45) is 5.92 Å². The van der Waals surface area contributed by atoms with Gasteiger partial charge in [-0.1, -0.05) is 58.0 Å². The smallest absolute Gasteiger partial charge is 0.244 e. The molecule has 198 valence electrons. The lowest BCUT2D eigenvalue weighted by atomic mass is 10.1. The molecular weight excluding hydrogens is 478 g/mol. The minimum atomic E-state index is -3.77. The topological polar surface area (TPSA) is 96.0 Å². The number of carbonyl (C=O) groups excluding carboxylic acids is 2. The zero-order valence-electron chi connectivity index (χ0n) is 22.2. The van der Waals surface area contributed by atoms with Crippen LogP contribution in [0.2, 0.25) is 0 Å². The maximum absolute atomic E-state index is 13.8. The van der Waals surface area contributed by atoms with Crippen LogP contribution in [0.25, 0.3) is 0 Å². The van der Waals surface area contributed by atoms with Gasteiger partial charge in [-0.25, -0.2) is 8.42 Å². The van der Waals surface area contributed by atoms with Crippen LogP contribution in [0.5, 0.6) is 5.75 Å². The summed E-state index contributed by atoms with van der Waals surface area (Å²) in [5.41, 5.74) is 2.09.